The molecular weight excluding hydrogens is 226 g/mol. The van der Waals surface area contributed by atoms with Crippen molar-refractivity contribution in [3.05, 3.63) is 29.7 Å². The highest BCUT2D eigenvalue weighted by atomic mass is 15.3. The van der Waals surface area contributed by atoms with Crippen LogP contribution in [-0.2, 0) is 6.42 Å². The van der Waals surface area contributed by atoms with Gasteiger partial charge in [-0.15, -0.1) is 0 Å². The molecule has 0 spiro atoms. The third-order valence-electron chi connectivity index (χ3n) is 3.46. The fraction of sp³-hybridized carbons (Fsp3) is 0.538. The van der Waals surface area contributed by atoms with Crippen LogP contribution in [0.15, 0.2) is 18.3 Å². The zero-order valence-corrected chi connectivity index (χ0v) is 10.8. The zero-order valence-electron chi connectivity index (χ0n) is 10.8. The summed E-state index contributed by atoms with van der Waals surface area (Å²) in [6, 6.07) is 4.08. The van der Waals surface area contributed by atoms with Crippen LogP contribution in [0, 0.1) is 6.92 Å². The van der Waals surface area contributed by atoms with Gasteiger partial charge in [0.2, 0.25) is 0 Å². The average molecular weight is 245 g/mol. The normalized spacial score (nSPS) is 17.4. The highest BCUT2D eigenvalue weighted by Gasteiger charge is 2.11. The number of fused-ring (bicyclic) bond motifs is 1. The van der Waals surface area contributed by atoms with E-state index < -0.39 is 0 Å². The van der Waals surface area contributed by atoms with E-state index in [1.54, 1.807) is 0 Å². The Morgan fingerprint density at radius 1 is 1.33 bits per heavy atom. The number of aryl methyl sites for hydroxylation is 1. The Balaban J connectivity index is 1.69. The van der Waals surface area contributed by atoms with Gasteiger partial charge in [-0.25, -0.2) is 9.50 Å². The largest absolute Gasteiger partial charge is 0.314 e. The minimum atomic E-state index is 0.932. The summed E-state index contributed by atoms with van der Waals surface area (Å²) in [4.78, 5) is 7.07. The minimum absolute atomic E-state index is 0.932. The lowest BCUT2D eigenvalue weighted by Crippen LogP contribution is -2.44. The van der Waals surface area contributed by atoms with Gasteiger partial charge in [-0.1, -0.05) is 6.07 Å². The van der Waals surface area contributed by atoms with Gasteiger partial charge in [0.25, 0.3) is 0 Å². The van der Waals surface area contributed by atoms with Crippen LogP contribution >= 0.6 is 0 Å². The number of hydrogen-bond donors (Lipinski definition) is 1. The first-order chi connectivity index (χ1) is 8.83. The lowest BCUT2D eigenvalue weighted by atomic mass is 10.3. The summed E-state index contributed by atoms with van der Waals surface area (Å²) < 4.78 is 1.88. The number of hydrogen-bond acceptors (Lipinski definition) is 4. The first-order valence-corrected chi connectivity index (χ1v) is 6.57. The van der Waals surface area contributed by atoms with Crippen molar-refractivity contribution in [2.45, 2.75) is 13.3 Å². The summed E-state index contributed by atoms with van der Waals surface area (Å²) in [6.45, 7) is 7.58. The number of pyridine rings is 1. The van der Waals surface area contributed by atoms with Gasteiger partial charge in [0.05, 0.1) is 0 Å². The second kappa shape index (κ2) is 5.04. The van der Waals surface area contributed by atoms with Crippen LogP contribution in [0.25, 0.3) is 5.65 Å². The maximum atomic E-state index is 4.61. The molecule has 2 aromatic heterocycles. The molecule has 1 N–H and O–H groups in total. The lowest BCUT2D eigenvalue weighted by Gasteiger charge is -2.26. The molecule has 1 aliphatic rings. The monoisotopic (exact) mass is 245 g/mol. The van der Waals surface area contributed by atoms with Crippen LogP contribution in [0.3, 0.4) is 0 Å². The van der Waals surface area contributed by atoms with Gasteiger partial charge >= 0.3 is 0 Å². The van der Waals surface area contributed by atoms with Gasteiger partial charge in [-0.2, -0.15) is 5.10 Å². The SMILES string of the molecule is Cc1cccn2nc(CCN3CCNCC3)nc12. The predicted molar refractivity (Wildman–Crippen MR) is 70.7 cm³/mol. The molecule has 1 saturated heterocycles. The molecule has 96 valence electrons. The van der Waals surface area contributed by atoms with Crippen molar-refractivity contribution in [1.82, 2.24) is 24.8 Å². The molecule has 2 aromatic rings. The molecule has 3 rings (SSSR count). The Bertz CT molecular complexity index is 527. The third kappa shape index (κ3) is 2.37. The van der Waals surface area contributed by atoms with E-state index in [0.717, 1.165) is 50.6 Å². The van der Waals surface area contributed by atoms with Crippen LogP contribution < -0.4 is 5.32 Å². The van der Waals surface area contributed by atoms with Gasteiger partial charge < -0.3 is 10.2 Å². The van der Waals surface area contributed by atoms with E-state index in [9.17, 15) is 0 Å². The number of rotatable bonds is 3. The summed E-state index contributed by atoms with van der Waals surface area (Å²) >= 11 is 0. The van der Waals surface area contributed by atoms with E-state index in [1.165, 1.54) is 5.56 Å². The molecule has 1 aliphatic heterocycles. The van der Waals surface area contributed by atoms with Gasteiger partial charge in [0.1, 0.15) is 0 Å². The van der Waals surface area contributed by atoms with Crippen LogP contribution in [-0.4, -0.2) is 52.2 Å². The molecule has 5 nitrogen and oxygen atoms in total. The van der Waals surface area contributed by atoms with Crippen molar-refractivity contribution in [2.24, 2.45) is 0 Å². The Kier molecular flexibility index (Phi) is 3.25. The average Bonchev–Trinajstić information content (AvgIpc) is 2.82. The van der Waals surface area contributed by atoms with E-state index in [2.05, 4.69) is 33.3 Å². The molecular formula is C13H19N5. The molecule has 18 heavy (non-hydrogen) atoms. The maximum absolute atomic E-state index is 4.61. The van der Waals surface area contributed by atoms with Crippen molar-refractivity contribution in [3.8, 4) is 0 Å². The molecule has 0 saturated carbocycles. The quantitative estimate of drug-likeness (QED) is 0.854. The van der Waals surface area contributed by atoms with E-state index in [0.29, 0.717) is 0 Å². The maximum Gasteiger partial charge on any atom is 0.158 e. The summed E-state index contributed by atoms with van der Waals surface area (Å²) in [5.41, 5.74) is 2.16. The molecule has 3 heterocycles. The Morgan fingerprint density at radius 2 is 2.17 bits per heavy atom. The molecule has 0 aliphatic carbocycles. The van der Waals surface area contributed by atoms with E-state index in [-0.39, 0.29) is 0 Å². The standard InChI is InChI=1S/C13H19N5/c1-11-3-2-7-18-13(11)15-12(16-18)4-8-17-9-5-14-6-10-17/h2-3,7,14H,4-6,8-10H2,1H3. The minimum Gasteiger partial charge on any atom is -0.314 e. The molecule has 5 heteroatoms. The summed E-state index contributed by atoms with van der Waals surface area (Å²) in [5, 5.41) is 7.89. The third-order valence-corrected chi connectivity index (χ3v) is 3.46. The van der Waals surface area contributed by atoms with Gasteiger partial charge in [0, 0.05) is 45.3 Å². The molecule has 0 bridgehead atoms. The molecule has 0 atom stereocenters. The van der Waals surface area contributed by atoms with Crippen molar-refractivity contribution in [1.29, 1.82) is 0 Å². The number of piperazine rings is 1. The molecule has 0 aromatic carbocycles. The van der Waals surface area contributed by atoms with Crippen LogP contribution in [0.1, 0.15) is 11.4 Å². The number of nitrogens with zero attached hydrogens (tertiary/aromatic N) is 4. The lowest BCUT2D eigenvalue weighted by molar-refractivity contribution is 0.242. The highest BCUT2D eigenvalue weighted by Crippen LogP contribution is 2.07. The van der Waals surface area contributed by atoms with Gasteiger partial charge in [-0.05, 0) is 18.6 Å². The first kappa shape index (κ1) is 11.6. The van der Waals surface area contributed by atoms with E-state index >= 15 is 0 Å². The topological polar surface area (TPSA) is 45.5 Å². The fourth-order valence-corrected chi connectivity index (χ4v) is 2.38. The van der Waals surface area contributed by atoms with E-state index in [1.807, 2.05) is 16.8 Å². The Hall–Kier alpha value is -1.46. The molecule has 0 amide bonds. The first-order valence-electron chi connectivity index (χ1n) is 6.57. The van der Waals surface area contributed by atoms with Crippen LogP contribution in [0.4, 0.5) is 0 Å². The number of aromatic nitrogens is 3. The summed E-state index contributed by atoms with van der Waals surface area (Å²) in [6.07, 6.45) is 2.89. The zero-order chi connectivity index (χ0) is 12.4. The fourth-order valence-electron chi connectivity index (χ4n) is 2.38. The van der Waals surface area contributed by atoms with Crippen molar-refractivity contribution in [2.75, 3.05) is 32.7 Å². The van der Waals surface area contributed by atoms with Crippen molar-refractivity contribution < 1.29 is 0 Å². The smallest absolute Gasteiger partial charge is 0.158 e. The van der Waals surface area contributed by atoms with E-state index in [4.69, 9.17) is 0 Å². The van der Waals surface area contributed by atoms with Gasteiger partial charge in [-0.3, -0.25) is 0 Å². The number of nitrogens with one attached hydrogen (secondary N) is 1. The molecule has 0 unspecified atom stereocenters. The second-order valence-corrected chi connectivity index (χ2v) is 4.83. The molecule has 1 fully saturated rings. The summed E-state index contributed by atoms with van der Waals surface area (Å²) in [7, 11) is 0. The Labute approximate surface area is 107 Å². The van der Waals surface area contributed by atoms with Crippen molar-refractivity contribution >= 4 is 5.65 Å². The van der Waals surface area contributed by atoms with Gasteiger partial charge in [0.15, 0.2) is 11.5 Å². The van der Waals surface area contributed by atoms with Crippen molar-refractivity contribution in [3.63, 3.8) is 0 Å². The predicted octanol–water partition coefficient (Wildman–Crippen LogP) is 0.485. The second-order valence-electron chi connectivity index (χ2n) is 4.83. The molecule has 0 radical (unpaired) electrons. The van der Waals surface area contributed by atoms with Crippen LogP contribution in [0.5, 0.6) is 0 Å². The van der Waals surface area contributed by atoms with Crippen LogP contribution in [0.2, 0.25) is 0 Å². The Morgan fingerprint density at radius 3 is 2.94 bits per heavy atom. The summed E-state index contributed by atoms with van der Waals surface area (Å²) in [5.74, 6) is 0.947. The highest BCUT2D eigenvalue weighted by molar-refractivity contribution is 5.45.